The number of pyridine rings is 1. The third-order valence-corrected chi connectivity index (χ3v) is 4.00. The second-order valence-corrected chi connectivity index (χ2v) is 5.52. The number of carbonyl (C=O) groups is 1. The zero-order chi connectivity index (χ0) is 15.9. The molecule has 0 aliphatic carbocycles. The second kappa shape index (κ2) is 5.15. The predicted molar refractivity (Wildman–Crippen MR) is 85.3 cm³/mol. The minimum Gasteiger partial charge on any atom is -0.506 e. The number of thiazole rings is 1. The second-order valence-electron chi connectivity index (χ2n) is 4.62. The number of aryl methyl sites for hydroxylation is 1. The molecule has 3 aromatic rings. The van der Waals surface area contributed by atoms with Crippen LogP contribution in [0.25, 0.3) is 10.9 Å². The third-order valence-electron chi connectivity index (χ3n) is 3.31. The highest BCUT2D eigenvalue weighted by atomic mass is 32.1. The molecule has 0 bridgehead atoms. The fraction of sp³-hybridized carbons (Fsp3) is 0.0714. The van der Waals surface area contributed by atoms with Crippen molar-refractivity contribution in [2.75, 3.05) is 11.1 Å². The molecule has 112 valence electrons. The van der Waals surface area contributed by atoms with E-state index >= 15 is 0 Å². The summed E-state index contributed by atoms with van der Waals surface area (Å²) in [5.41, 5.74) is 5.64. The molecule has 0 spiro atoms. The van der Waals surface area contributed by atoms with Crippen molar-refractivity contribution >= 4 is 39.0 Å². The highest BCUT2D eigenvalue weighted by molar-refractivity contribution is 7.13. The van der Waals surface area contributed by atoms with Crippen molar-refractivity contribution in [3.05, 3.63) is 45.7 Å². The SMILES string of the molecule is Cn1c(=O)c(C(=O)Nc2nccs2)c(O)c2c(N)cccc21. The van der Waals surface area contributed by atoms with Gasteiger partial charge in [0, 0.05) is 24.3 Å². The van der Waals surface area contributed by atoms with E-state index in [1.54, 1.807) is 23.6 Å². The van der Waals surface area contributed by atoms with E-state index in [1.807, 2.05) is 0 Å². The van der Waals surface area contributed by atoms with E-state index in [9.17, 15) is 14.7 Å². The fourth-order valence-electron chi connectivity index (χ4n) is 2.25. The van der Waals surface area contributed by atoms with Crippen LogP contribution in [0.5, 0.6) is 5.75 Å². The summed E-state index contributed by atoms with van der Waals surface area (Å²) < 4.78 is 1.28. The molecule has 4 N–H and O–H groups in total. The first-order valence-electron chi connectivity index (χ1n) is 6.31. The Morgan fingerprint density at radius 2 is 2.23 bits per heavy atom. The van der Waals surface area contributed by atoms with Gasteiger partial charge >= 0.3 is 0 Å². The summed E-state index contributed by atoms with van der Waals surface area (Å²) in [4.78, 5) is 28.6. The molecule has 7 nitrogen and oxygen atoms in total. The number of fused-ring (bicyclic) bond motifs is 1. The zero-order valence-electron chi connectivity index (χ0n) is 11.5. The van der Waals surface area contributed by atoms with Crippen molar-refractivity contribution in [1.82, 2.24) is 9.55 Å². The molecule has 1 amide bonds. The van der Waals surface area contributed by atoms with Gasteiger partial charge in [0.1, 0.15) is 11.3 Å². The lowest BCUT2D eigenvalue weighted by Crippen LogP contribution is -2.28. The number of carbonyl (C=O) groups excluding carboxylic acids is 1. The van der Waals surface area contributed by atoms with Crippen molar-refractivity contribution in [2.45, 2.75) is 0 Å². The predicted octanol–water partition coefficient (Wildman–Crippen LogP) is 1.54. The van der Waals surface area contributed by atoms with E-state index in [-0.39, 0.29) is 16.6 Å². The molecule has 0 saturated heterocycles. The Balaban J connectivity index is 2.24. The molecule has 0 atom stereocenters. The fourth-order valence-corrected chi connectivity index (χ4v) is 2.77. The van der Waals surface area contributed by atoms with Crippen molar-refractivity contribution < 1.29 is 9.90 Å². The van der Waals surface area contributed by atoms with E-state index in [0.717, 1.165) is 0 Å². The van der Waals surface area contributed by atoms with Gasteiger partial charge in [0.25, 0.3) is 11.5 Å². The number of hydrogen-bond donors (Lipinski definition) is 3. The number of nitrogens with zero attached hydrogens (tertiary/aromatic N) is 2. The van der Waals surface area contributed by atoms with Crippen molar-refractivity contribution in [3.8, 4) is 5.75 Å². The minimum atomic E-state index is -0.724. The first-order chi connectivity index (χ1) is 10.5. The van der Waals surface area contributed by atoms with E-state index in [0.29, 0.717) is 10.6 Å². The lowest BCUT2D eigenvalue weighted by Gasteiger charge is -2.12. The summed E-state index contributed by atoms with van der Waals surface area (Å²) in [7, 11) is 1.52. The highest BCUT2D eigenvalue weighted by Crippen LogP contribution is 2.31. The molecular weight excluding hydrogens is 304 g/mol. The minimum absolute atomic E-state index is 0.272. The van der Waals surface area contributed by atoms with Gasteiger partial charge in [-0.1, -0.05) is 6.07 Å². The molecule has 0 radical (unpaired) electrons. The van der Waals surface area contributed by atoms with Gasteiger partial charge in [-0.25, -0.2) is 4.98 Å². The van der Waals surface area contributed by atoms with Crippen LogP contribution in [0.3, 0.4) is 0 Å². The number of aromatic nitrogens is 2. The number of amides is 1. The molecule has 2 aromatic heterocycles. The molecule has 0 saturated carbocycles. The van der Waals surface area contributed by atoms with Crippen LogP contribution in [0.1, 0.15) is 10.4 Å². The van der Waals surface area contributed by atoms with Gasteiger partial charge in [0.15, 0.2) is 5.13 Å². The number of anilines is 2. The van der Waals surface area contributed by atoms with Crippen LogP contribution in [-0.2, 0) is 7.05 Å². The topological polar surface area (TPSA) is 110 Å². The number of nitrogens with two attached hydrogens (primary N) is 1. The average molecular weight is 316 g/mol. The van der Waals surface area contributed by atoms with E-state index in [2.05, 4.69) is 10.3 Å². The molecule has 8 heteroatoms. The van der Waals surface area contributed by atoms with Crippen LogP contribution >= 0.6 is 11.3 Å². The standard InChI is InChI=1S/C14H12N4O3S/c1-18-8-4-2-3-7(15)9(8)11(19)10(13(18)21)12(20)17-14-16-5-6-22-14/h2-6,19H,15H2,1H3,(H,16,17,20). The normalized spacial score (nSPS) is 10.8. The average Bonchev–Trinajstić information content (AvgIpc) is 2.97. The molecule has 1 aromatic carbocycles. The van der Waals surface area contributed by atoms with Gasteiger partial charge in [-0.05, 0) is 12.1 Å². The first-order valence-corrected chi connectivity index (χ1v) is 7.19. The number of nitrogen functional groups attached to an aromatic ring is 1. The van der Waals surface area contributed by atoms with Crippen LogP contribution in [0.2, 0.25) is 0 Å². The lowest BCUT2D eigenvalue weighted by molar-refractivity contribution is 0.102. The molecule has 0 aliphatic rings. The summed E-state index contributed by atoms with van der Waals surface area (Å²) in [5.74, 6) is -1.15. The van der Waals surface area contributed by atoms with Gasteiger partial charge in [-0.15, -0.1) is 11.3 Å². The largest absolute Gasteiger partial charge is 0.506 e. The van der Waals surface area contributed by atoms with Gasteiger partial charge in [0.05, 0.1) is 10.9 Å². The quantitative estimate of drug-likeness (QED) is 0.621. The maximum Gasteiger partial charge on any atom is 0.267 e. The molecule has 22 heavy (non-hydrogen) atoms. The van der Waals surface area contributed by atoms with E-state index in [1.165, 1.54) is 29.1 Å². The molecule has 2 heterocycles. The Labute approximate surface area is 128 Å². The summed E-state index contributed by atoms with van der Waals surface area (Å²) >= 11 is 1.21. The Morgan fingerprint density at radius 3 is 2.91 bits per heavy atom. The van der Waals surface area contributed by atoms with E-state index in [4.69, 9.17) is 5.73 Å². The third kappa shape index (κ3) is 2.09. The number of hydrogen-bond acceptors (Lipinski definition) is 6. The lowest BCUT2D eigenvalue weighted by atomic mass is 10.1. The summed E-state index contributed by atoms with van der Waals surface area (Å²) in [6.45, 7) is 0. The number of rotatable bonds is 2. The first kappa shape index (κ1) is 14.1. The highest BCUT2D eigenvalue weighted by Gasteiger charge is 2.22. The van der Waals surface area contributed by atoms with Crippen molar-refractivity contribution in [3.63, 3.8) is 0 Å². The van der Waals surface area contributed by atoms with Crippen LogP contribution in [0.15, 0.2) is 34.6 Å². The molecular formula is C14H12N4O3S. The monoisotopic (exact) mass is 316 g/mol. The van der Waals surface area contributed by atoms with Gasteiger partial charge in [0.2, 0.25) is 0 Å². The van der Waals surface area contributed by atoms with E-state index < -0.39 is 17.2 Å². The summed E-state index contributed by atoms with van der Waals surface area (Å²) in [6, 6.07) is 4.91. The van der Waals surface area contributed by atoms with Crippen molar-refractivity contribution in [2.24, 2.45) is 7.05 Å². The number of benzene rings is 1. The molecule has 0 aliphatic heterocycles. The summed E-state index contributed by atoms with van der Waals surface area (Å²) in [6.07, 6.45) is 1.52. The van der Waals surface area contributed by atoms with Crippen molar-refractivity contribution in [1.29, 1.82) is 0 Å². The molecule has 0 fully saturated rings. The zero-order valence-corrected chi connectivity index (χ0v) is 12.3. The Morgan fingerprint density at radius 1 is 1.45 bits per heavy atom. The smallest absolute Gasteiger partial charge is 0.267 e. The Kier molecular flexibility index (Phi) is 3.30. The number of nitrogens with one attached hydrogen (secondary N) is 1. The Bertz CT molecular complexity index is 931. The van der Waals surface area contributed by atoms with Crippen LogP contribution < -0.4 is 16.6 Å². The number of aromatic hydroxyl groups is 1. The summed E-state index contributed by atoms with van der Waals surface area (Å²) in [5, 5.41) is 15.1. The maximum absolute atomic E-state index is 12.4. The van der Waals surface area contributed by atoms with Crippen LogP contribution in [0.4, 0.5) is 10.8 Å². The Hall–Kier alpha value is -2.87. The van der Waals surface area contributed by atoms with Gasteiger partial charge in [-0.2, -0.15) is 0 Å². The maximum atomic E-state index is 12.4. The molecule has 0 unspecified atom stereocenters. The van der Waals surface area contributed by atoms with Crippen LogP contribution in [0, 0.1) is 0 Å². The van der Waals surface area contributed by atoms with Gasteiger partial charge < -0.3 is 15.4 Å². The van der Waals surface area contributed by atoms with Gasteiger partial charge in [-0.3, -0.25) is 14.9 Å². The molecule has 3 rings (SSSR count). The van der Waals surface area contributed by atoms with Crippen LogP contribution in [-0.4, -0.2) is 20.6 Å².